The molecule has 12 heteroatoms. The third-order valence-corrected chi connectivity index (χ3v) is 9.41. The number of aliphatic hydroxyl groups excluding tert-OH is 4. The predicted molar refractivity (Wildman–Crippen MR) is 180 cm³/mol. The number of ether oxygens (including phenoxy) is 5. The minimum absolute atomic E-state index is 0.0395. The summed E-state index contributed by atoms with van der Waals surface area (Å²) in [6.45, 7) is 6.28. The van der Waals surface area contributed by atoms with Gasteiger partial charge >= 0.3 is 6.09 Å². The van der Waals surface area contributed by atoms with Crippen LogP contribution in [0.5, 0.6) is 0 Å². The Morgan fingerprint density at radius 1 is 0.755 bits per heavy atom. The first-order valence-corrected chi connectivity index (χ1v) is 17.6. The molecule has 5 N–H and O–H groups in total. The van der Waals surface area contributed by atoms with Crippen molar-refractivity contribution < 1.29 is 48.9 Å². The maximum Gasteiger partial charge on any atom is 0.407 e. The fourth-order valence-corrected chi connectivity index (χ4v) is 6.81. The van der Waals surface area contributed by atoms with Crippen LogP contribution in [0.15, 0.2) is 60.7 Å². The van der Waals surface area contributed by atoms with Crippen molar-refractivity contribution >= 4 is 6.09 Å². The van der Waals surface area contributed by atoms with Crippen LogP contribution in [0.3, 0.4) is 0 Å². The minimum Gasteiger partial charge on any atom is -0.444 e. The Labute approximate surface area is 289 Å². The van der Waals surface area contributed by atoms with Gasteiger partial charge in [-0.3, -0.25) is 4.90 Å². The summed E-state index contributed by atoms with van der Waals surface area (Å²) in [4.78, 5) is 14.3. The zero-order valence-corrected chi connectivity index (χ0v) is 28.8. The molecule has 2 aromatic carbocycles. The molecule has 2 heterocycles. The fraction of sp³-hybridized carbons (Fsp3) is 0.649. The Hall–Kier alpha value is -2.65. The molecular weight excluding hydrogens is 632 g/mol. The number of rotatable bonds is 12. The molecular formula is C37H54N2O10. The Kier molecular flexibility index (Phi) is 13.4. The second kappa shape index (κ2) is 17.5. The van der Waals surface area contributed by atoms with E-state index in [0.717, 1.165) is 11.1 Å². The summed E-state index contributed by atoms with van der Waals surface area (Å²) < 4.78 is 29.2. The molecule has 3 fully saturated rings. The number of carbonyl (C=O) groups excluding carboxylic acids is 1. The zero-order valence-electron chi connectivity index (χ0n) is 28.8. The SMILES string of the molecule is CC(C)(C)OC(=O)N[C@H]1CC[C@H](N(C[C@H](O)[C@@H](O)[C@H]2CCOC(c3ccccc3)O2)C[C@H](O)[C@@H](O)[C@H]2CCOC(c3ccccc3)O2)CC1. The minimum atomic E-state index is -1.21. The molecule has 12 nitrogen and oxygen atoms in total. The molecule has 1 aliphatic carbocycles. The molecule has 1 saturated carbocycles. The Bertz CT molecular complexity index is 1200. The number of nitrogens with zero attached hydrogens (tertiary/aromatic N) is 1. The molecule has 2 aliphatic heterocycles. The van der Waals surface area contributed by atoms with Crippen molar-refractivity contribution in [3.63, 3.8) is 0 Å². The molecule has 49 heavy (non-hydrogen) atoms. The number of amides is 1. The average Bonchev–Trinajstić information content (AvgIpc) is 3.11. The summed E-state index contributed by atoms with van der Waals surface area (Å²) >= 11 is 0. The van der Waals surface area contributed by atoms with Crippen molar-refractivity contribution in [1.82, 2.24) is 10.2 Å². The maximum atomic E-state index is 12.4. The highest BCUT2D eigenvalue weighted by molar-refractivity contribution is 5.68. The highest BCUT2D eigenvalue weighted by atomic mass is 16.7. The summed E-state index contributed by atoms with van der Waals surface area (Å²) in [5.41, 5.74) is 1.06. The largest absolute Gasteiger partial charge is 0.444 e. The molecule has 1 amide bonds. The van der Waals surface area contributed by atoms with Gasteiger partial charge in [0.25, 0.3) is 0 Å². The van der Waals surface area contributed by atoms with E-state index < -0.39 is 60.9 Å². The third kappa shape index (κ3) is 10.9. The molecule has 0 radical (unpaired) electrons. The highest BCUT2D eigenvalue weighted by Crippen LogP contribution is 2.31. The highest BCUT2D eigenvalue weighted by Gasteiger charge is 2.39. The molecule has 2 unspecified atom stereocenters. The second-order valence-electron chi connectivity index (χ2n) is 14.4. The van der Waals surface area contributed by atoms with Gasteiger partial charge < -0.3 is 49.4 Å². The first-order valence-electron chi connectivity index (χ1n) is 17.6. The summed E-state index contributed by atoms with van der Waals surface area (Å²) in [5.74, 6) is 0. The summed E-state index contributed by atoms with van der Waals surface area (Å²) in [5, 5.41) is 48.4. The smallest absolute Gasteiger partial charge is 0.407 e. The van der Waals surface area contributed by atoms with Crippen molar-refractivity contribution in [1.29, 1.82) is 0 Å². The van der Waals surface area contributed by atoms with Crippen molar-refractivity contribution in [3.8, 4) is 0 Å². The van der Waals surface area contributed by atoms with Crippen molar-refractivity contribution in [2.24, 2.45) is 0 Å². The Morgan fingerprint density at radius 2 is 1.20 bits per heavy atom. The lowest BCUT2D eigenvalue weighted by atomic mass is 9.89. The Morgan fingerprint density at radius 3 is 1.63 bits per heavy atom. The topological polar surface area (TPSA) is 159 Å². The van der Waals surface area contributed by atoms with E-state index >= 15 is 0 Å². The van der Waals surface area contributed by atoms with Crippen LogP contribution >= 0.6 is 0 Å². The normalized spacial score (nSPS) is 29.1. The predicted octanol–water partition coefficient (Wildman–Crippen LogP) is 3.58. The van der Waals surface area contributed by atoms with Crippen LogP contribution in [0.1, 0.15) is 83.0 Å². The van der Waals surface area contributed by atoms with Crippen LogP contribution in [0.25, 0.3) is 0 Å². The molecule has 0 bridgehead atoms. The standard InChI is InChI=1S/C37H54N2O10/c1-37(2,3)49-36(44)38-26-14-16-27(17-15-26)39(22-28(40)32(42)30-18-20-45-34(47-30)24-10-6-4-7-11-24)23-29(41)33(43)31-19-21-46-35(48-31)25-12-8-5-9-13-25/h4-13,26-35,40-43H,14-23H2,1-3H3,(H,38,44)/t26-,27-,28-,29-,30+,31+,32+,33+,34?,35?/m0/s1. The number of hydrogen-bond donors (Lipinski definition) is 5. The van der Waals surface area contributed by atoms with Gasteiger partial charge in [-0.15, -0.1) is 0 Å². The molecule has 2 aromatic rings. The van der Waals surface area contributed by atoms with E-state index in [-0.39, 0.29) is 25.2 Å². The van der Waals surface area contributed by atoms with Gasteiger partial charge in [0.15, 0.2) is 12.6 Å². The number of carbonyl (C=O) groups is 1. The van der Waals surface area contributed by atoms with E-state index in [0.29, 0.717) is 51.7 Å². The van der Waals surface area contributed by atoms with Gasteiger partial charge in [-0.05, 0) is 59.3 Å². The van der Waals surface area contributed by atoms with Crippen LogP contribution in [0, 0.1) is 0 Å². The lowest BCUT2D eigenvalue weighted by Gasteiger charge is -2.42. The van der Waals surface area contributed by atoms with E-state index in [9.17, 15) is 25.2 Å². The number of hydrogen-bond acceptors (Lipinski definition) is 11. The van der Waals surface area contributed by atoms with Crippen molar-refractivity contribution in [2.75, 3.05) is 26.3 Å². The quantitative estimate of drug-likeness (QED) is 0.222. The molecule has 0 aromatic heterocycles. The van der Waals surface area contributed by atoms with Gasteiger partial charge in [0.2, 0.25) is 0 Å². The summed E-state index contributed by atoms with van der Waals surface area (Å²) in [7, 11) is 0. The molecule has 2 saturated heterocycles. The molecule has 0 spiro atoms. The van der Waals surface area contributed by atoms with Crippen LogP contribution in [-0.4, -0.2) is 112 Å². The Balaban J connectivity index is 1.23. The number of aliphatic hydroxyl groups is 4. The molecule has 5 rings (SSSR count). The van der Waals surface area contributed by atoms with Crippen LogP contribution in [0.4, 0.5) is 4.79 Å². The lowest BCUT2D eigenvalue weighted by Crippen LogP contribution is -2.55. The van der Waals surface area contributed by atoms with Crippen LogP contribution < -0.4 is 5.32 Å². The maximum absolute atomic E-state index is 12.4. The van der Waals surface area contributed by atoms with Crippen molar-refractivity contribution in [2.45, 2.75) is 126 Å². The van der Waals surface area contributed by atoms with Gasteiger partial charge in [0, 0.05) is 36.3 Å². The first-order chi connectivity index (χ1) is 23.5. The van der Waals surface area contributed by atoms with Gasteiger partial charge in [-0.2, -0.15) is 0 Å². The first kappa shape index (κ1) is 37.6. The van der Waals surface area contributed by atoms with E-state index in [1.165, 1.54) is 0 Å². The van der Waals surface area contributed by atoms with E-state index in [1.54, 1.807) is 0 Å². The number of benzene rings is 2. The average molecular weight is 687 g/mol. The monoisotopic (exact) mass is 686 g/mol. The fourth-order valence-electron chi connectivity index (χ4n) is 6.81. The third-order valence-electron chi connectivity index (χ3n) is 9.41. The molecule has 272 valence electrons. The number of nitrogens with one attached hydrogen (secondary N) is 1. The summed E-state index contributed by atoms with van der Waals surface area (Å²) in [6, 6.07) is 18.8. The lowest BCUT2D eigenvalue weighted by molar-refractivity contribution is -0.249. The van der Waals surface area contributed by atoms with Gasteiger partial charge in [-0.25, -0.2) is 4.79 Å². The second-order valence-corrected chi connectivity index (χ2v) is 14.4. The van der Waals surface area contributed by atoms with Crippen LogP contribution in [0.2, 0.25) is 0 Å². The van der Waals surface area contributed by atoms with Crippen molar-refractivity contribution in [3.05, 3.63) is 71.8 Å². The van der Waals surface area contributed by atoms with E-state index in [4.69, 9.17) is 23.7 Å². The van der Waals surface area contributed by atoms with E-state index in [2.05, 4.69) is 5.32 Å². The van der Waals surface area contributed by atoms with Crippen LogP contribution in [-0.2, 0) is 23.7 Å². The molecule has 3 aliphatic rings. The molecule has 8 atom stereocenters. The van der Waals surface area contributed by atoms with Gasteiger partial charge in [0.1, 0.15) is 17.8 Å². The van der Waals surface area contributed by atoms with Gasteiger partial charge in [0.05, 0.1) is 37.6 Å². The summed E-state index contributed by atoms with van der Waals surface area (Å²) in [6.07, 6.45) is -4.43. The van der Waals surface area contributed by atoms with Gasteiger partial charge in [-0.1, -0.05) is 60.7 Å². The van der Waals surface area contributed by atoms with E-state index in [1.807, 2.05) is 86.3 Å². The number of alkyl carbamates (subject to hydrolysis) is 1. The zero-order chi connectivity index (χ0) is 35.0.